The van der Waals surface area contributed by atoms with Crippen LogP contribution < -0.4 is 0 Å². The first-order valence-corrected chi connectivity index (χ1v) is 14.8. The lowest BCUT2D eigenvalue weighted by Gasteiger charge is -2.43. The second kappa shape index (κ2) is 8.44. The Hall–Kier alpha value is -0.943. The molecule has 176 valence electrons. The van der Waals surface area contributed by atoms with Crippen LogP contribution in [0, 0.1) is 11.8 Å². The molecule has 0 N–H and O–H groups in total. The Morgan fingerprint density at radius 3 is 2.29 bits per heavy atom. The number of carbonyl (C=O) groups is 2. The van der Waals surface area contributed by atoms with Crippen molar-refractivity contribution < 1.29 is 33.0 Å². The SMILES string of the molecule is COC(=O)[C@@H]1[C@@H]2O[C@@](O[Si](C)(C)C)(C(Br)=C2N2CCC[C@H]2C(C)(C)OC)[C@H]1C(=O)OC. The molecule has 0 saturated carbocycles. The van der Waals surface area contributed by atoms with Crippen LogP contribution in [0.2, 0.25) is 19.6 Å². The maximum absolute atomic E-state index is 12.9. The number of esters is 2. The summed E-state index contributed by atoms with van der Waals surface area (Å²) in [5, 5.41) is 0. The number of likely N-dealkylation sites (tertiary alicyclic amines) is 1. The fraction of sp³-hybridized carbons (Fsp3) is 0.810. The Balaban J connectivity index is 2.18. The highest BCUT2D eigenvalue weighted by molar-refractivity contribution is 9.11. The maximum Gasteiger partial charge on any atom is 0.315 e. The van der Waals surface area contributed by atoms with Gasteiger partial charge in [0, 0.05) is 13.7 Å². The Morgan fingerprint density at radius 1 is 1.16 bits per heavy atom. The third-order valence-corrected chi connectivity index (χ3v) is 8.35. The molecule has 0 aromatic carbocycles. The van der Waals surface area contributed by atoms with Crippen molar-refractivity contribution in [2.75, 3.05) is 27.9 Å². The molecule has 5 atom stereocenters. The molecule has 31 heavy (non-hydrogen) atoms. The van der Waals surface area contributed by atoms with Crippen LogP contribution in [-0.2, 0) is 33.0 Å². The summed E-state index contributed by atoms with van der Waals surface area (Å²) in [7, 11) is 2.10. The Kier molecular flexibility index (Phi) is 6.72. The van der Waals surface area contributed by atoms with Crippen molar-refractivity contribution >= 4 is 36.2 Å². The van der Waals surface area contributed by atoms with Crippen molar-refractivity contribution in [3.05, 3.63) is 10.2 Å². The molecule has 0 unspecified atom stereocenters. The number of methoxy groups -OCH3 is 3. The Bertz CT molecular complexity index is 780. The van der Waals surface area contributed by atoms with Gasteiger partial charge in [-0.05, 0) is 62.3 Å². The van der Waals surface area contributed by atoms with E-state index in [1.54, 1.807) is 7.11 Å². The van der Waals surface area contributed by atoms with Crippen molar-refractivity contribution in [2.45, 2.75) is 69.9 Å². The third-order valence-electron chi connectivity index (χ3n) is 6.47. The molecule has 2 saturated heterocycles. The summed E-state index contributed by atoms with van der Waals surface area (Å²) in [5.41, 5.74) is 0.426. The van der Waals surface area contributed by atoms with Crippen LogP contribution in [0.15, 0.2) is 10.2 Å². The maximum atomic E-state index is 12.9. The smallest absolute Gasteiger partial charge is 0.315 e. The van der Waals surface area contributed by atoms with Crippen molar-refractivity contribution in [1.29, 1.82) is 0 Å². The minimum atomic E-state index is -2.23. The molecule has 3 heterocycles. The van der Waals surface area contributed by atoms with E-state index >= 15 is 0 Å². The number of fused-ring (bicyclic) bond motifs is 2. The highest BCUT2D eigenvalue weighted by Gasteiger charge is 2.71. The van der Waals surface area contributed by atoms with Gasteiger partial charge in [0.15, 0.2) is 8.32 Å². The first-order valence-electron chi connectivity index (χ1n) is 10.6. The van der Waals surface area contributed by atoms with Crippen molar-refractivity contribution in [3.63, 3.8) is 0 Å². The zero-order valence-electron chi connectivity index (χ0n) is 19.6. The molecule has 3 aliphatic rings. The molecule has 0 aromatic heterocycles. The van der Waals surface area contributed by atoms with Gasteiger partial charge in [0.1, 0.15) is 17.9 Å². The van der Waals surface area contributed by atoms with Gasteiger partial charge >= 0.3 is 11.9 Å². The fourth-order valence-corrected chi connectivity index (χ4v) is 7.29. The van der Waals surface area contributed by atoms with Gasteiger partial charge in [0.2, 0.25) is 5.79 Å². The molecule has 3 rings (SSSR count). The summed E-state index contributed by atoms with van der Waals surface area (Å²) in [4.78, 5) is 28.1. The van der Waals surface area contributed by atoms with Crippen LogP contribution in [0.5, 0.6) is 0 Å². The molecule has 2 bridgehead atoms. The molecule has 0 aliphatic carbocycles. The summed E-state index contributed by atoms with van der Waals surface area (Å²) in [6.07, 6.45) is 1.25. The molecule has 0 aromatic rings. The summed E-state index contributed by atoms with van der Waals surface area (Å²) in [5.74, 6) is -4.31. The lowest BCUT2D eigenvalue weighted by molar-refractivity contribution is -0.175. The largest absolute Gasteiger partial charge is 0.469 e. The van der Waals surface area contributed by atoms with Gasteiger partial charge in [-0.2, -0.15) is 0 Å². The number of carbonyl (C=O) groups excluding carboxylic acids is 2. The monoisotopic (exact) mass is 519 g/mol. The van der Waals surface area contributed by atoms with Crippen LogP contribution in [0.25, 0.3) is 0 Å². The number of ether oxygens (including phenoxy) is 4. The van der Waals surface area contributed by atoms with Gasteiger partial charge < -0.3 is 28.3 Å². The summed E-state index contributed by atoms with van der Waals surface area (Å²) >= 11 is 3.74. The molecule has 10 heteroatoms. The van der Waals surface area contributed by atoms with Gasteiger partial charge in [0.05, 0.1) is 36.0 Å². The van der Waals surface area contributed by atoms with E-state index in [0.29, 0.717) is 4.48 Å². The van der Waals surface area contributed by atoms with E-state index in [0.717, 1.165) is 25.1 Å². The molecule has 2 fully saturated rings. The second-order valence-electron chi connectivity index (χ2n) is 9.83. The van der Waals surface area contributed by atoms with Crippen LogP contribution in [0.4, 0.5) is 0 Å². The number of hydrogen-bond acceptors (Lipinski definition) is 8. The van der Waals surface area contributed by atoms with E-state index in [1.807, 2.05) is 19.6 Å². The second-order valence-corrected chi connectivity index (χ2v) is 15.1. The first-order chi connectivity index (χ1) is 14.3. The van der Waals surface area contributed by atoms with Crippen molar-refractivity contribution in [2.24, 2.45) is 11.8 Å². The van der Waals surface area contributed by atoms with E-state index in [1.165, 1.54) is 14.2 Å². The normalized spacial score (nSPS) is 33.3. The Morgan fingerprint density at radius 2 is 1.77 bits per heavy atom. The van der Waals surface area contributed by atoms with Crippen LogP contribution in [0.1, 0.15) is 26.7 Å². The standard InChI is InChI=1S/C21H34BrNO7Si/c1-20(2,28-5)12-10-9-11-23(12)15-16-13(18(24)26-3)14(19(25)27-4)21(29-16,17(15)22)30-31(6,7)8/h12-14,16H,9-11H2,1-8H3/t12-,13-,14+,16-,21-/m0/s1. The van der Waals surface area contributed by atoms with Gasteiger partial charge in [-0.15, -0.1) is 0 Å². The van der Waals surface area contributed by atoms with Crippen molar-refractivity contribution in [3.8, 4) is 0 Å². The quantitative estimate of drug-likeness (QED) is 0.374. The number of halogens is 1. The molecule has 3 aliphatic heterocycles. The molecule has 0 amide bonds. The topological polar surface area (TPSA) is 83.5 Å². The van der Waals surface area contributed by atoms with E-state index in [4.69, 9.17) is 23.4 Å². The van der Waals surface area contributed by atoms with E-state index in [9.17, 15) is 9.59 Å². The summed E-state index contributed by atoms with van der Waals surface area (Å²) in [6, 6.07) is 0.0850. The minimum Gasteiger partial charge on any atom is -0.469 e. The van der Waals surface area contributed by atoms with Gasteiger partial charge in [0.25, 0.3) is 0 Å². The molecular formula is C21H34BrNO7Si. The molecule has 0 spiro atoms. The molecular weight excluding hydrogens is 486 g/mol. The summed E-state index contributed by atoms with van der Waals surface area (Å²) in [6.45, 7) is 11.0. The average molecular weight is 520 g/mol. The third kappa shape index (κ3) is 3.99. The van der Waals surface area contributed by atoms with Crippen LogP contribution >= 0.6 is 15.9 Å². The van der Waals surface area contributed by atoms with Crippen molar-refractivity contribution in [1.82, 2.24) is 4.90 Å². The molecule has 0 radical (unpaired) electrons. The highest BCUT2D eigenvalue weighted by atomic mass is 79.9. The van der Waals surface area contributed by atoms with Gasteiger partial charge in [-0.3, -0.25) is 9.59 Å². The predicted octanol–water partition coefficient (Wildman–Crippen LogP) is 3.02. The lowest BCUT2D eigenvalue weighted by atomic mass is 9.78. The predicted molar refractivity (Wildman–Crippen MR) is 120 cm³/mol. The van der Waals surface area contributed by atoms with E-state index < -0.39 is 49.6 Å². The van der Waals surface area contributed by atoms with Gasteiger partial charge in [-0.1, -0.05) is 0 Å². The average Bonchev–Trinajstić information content (AvgIpc) is 3.36. The lowest BCUT2D eigenvalue weighted by Crippen LogP contribution is -2.54. The molecule has 8 nitrogen and oxygen atoms in total. The van der Waals surface area contributed by atoms with Gasteiger partial charge in [-0.25, -0.2) is 0 Å². The van der Waals surface area contributed by atoms with Crippen LogP contribution in [0.3, 0.4) is 0 Å². The number of rotatable bonds is 7. The van der Waals surface area contributed by atoms with E-state index in [-0.39, 0.29) is 6.04 Å². The number of nitrogens with zero attached hydrogens (tertiary/aromatic N) is 1. The zero-order valence-corrected chi connectivity index (χ0v) is 22.2. The summed E-state index contributed by atoms with van der Waals surface area (Å²) < 4.78 is 29.6. The zero-order chi connectivity index (χ0) is 23.4. The minimum absolute atomic E-state index is 0.0850. The highest BCUT2D eigenvalue weighted by Crippen LogP contribution is 2.60. The van der Waals surface area contributed by atoms with Crippen LogP contribution in [-0.4, -0.2) is 76.6 Å². The van der Waals surface area contributed by atoms with E-state index in [2.05, 4.69) is 34.7 Å². The number of hydrogen-bond donors (Lipinski definition) is 0. The fourth-order valence-electron chi connectivity index (χ4n) is 5.08. The Labute approximate surface area is 193 Å². The first kappa shape index (κ1) is 24.7.